The highest BCUT2D eigenvalue weighted by atomic mass is 32.2. The number of fused-ring (bicyclic) bond motifs is 1. The summed E-state index contributed by atoms with van der Waals surface area (Å²) in [5.74, 6) is 1.64. The molecule has 0 amide bonds. The Balaban J connectivity index is 1.47. The van der Waals surface area contributed by atoms with Gasteiger partial charge in [-0.15, -0.1) is 0 Å². The van der Waals surface area contributed by atoms with Gasteiger partial charge in [-0.1, -0.05) is 0 Å². The van der Waals surface area contributed by atoms with Crippen molar-refractivity contribution in [1.29, 1.82) is 0 Å². The van der Waals surface area contributed by atoms with Crippen LogP contribution in [0.25, 0.3) is 0 Å². The first-order chi connectivity index (χ1) is 13.1. The summed E-state index contributed by atoms with van der Waals surface area (Å²) in [5.41, 5.74) is 0. The molecule has 0 radical (unpaired) electrons. The van der Waals surface area contributed by atoms with E-state index in [0.717, 1.165) is 0 Å². The SMILES string of the molecule is COc1cncc(O[C@@H]2CCN(S(=O)(=O)c3ccc4c(c3)OCCO4)C2)n1. The van der Waals surface area contributed by atoms with E-state index in [1.54, 1.807) is 6.07 Å². The summed E-state index contributed by atoms with van der Waals surface area (Å²) in [6.07, 6.45) is 3.20. The van der Waals surface area contributed by atoms with Crippen LogP contribution >= 0.6 is 0 Å². The minimum absolute atomic E-state index is 0.175. The third-order valence-electron chi connectivity index (χ3n) is 4.35. The number of nitrogens with zero attached hydrogens (tertiary/aromatic N) is 3. The second-order valence-corrected chi connectivity index (χ2v) is 8.03. The lowest BCUT2D eigenvalue weighted by Crippen LogP contribution is -2.31. The van der Waals surface area contributed by atoms with Crippen LogP contribution in [0.3, 0.4) is 0 Å². The van der Waals surface area contributed by atoms with E-state index >= 15 is 0 Å². The highest BCUT2D eigenvalue weighted by Gasteiger charge is 2.34. The van der Waals surface area contributed by atoms with Crippen molar-refractivity contribution in [2.75, 3.05) is 33.4 Å². The van der Waals surface area contributed by atoms with Gasteiger partial charge in [0.05, 0.1) is 30.9 Å². The zero-order valence-electron chi connectivity index (χ0n) is 14.7. The molecule has 144 valence electrons. The van der Waals surface area contributed by atoms with Gasteiger partial charge in [0, 0.05) is 12.6 Å². The fourth-order valence-corrected chi connectivity index (χ4v) is 4.50. The van der Waals surface area contributed by atoms with E-state index in [1.807, 2.05) is 0 Å². The fraction of sp³-hybridized carbons (Fsp3) is 0.412. The van der Waals surface area contributed by atoms with E-state index < -0.39 is 10.0 Å². The molecule has 2 aliphatic rings. The Hall–Kier alpha value is -2.59. The minimum Gasteiger partial charge on any atom is -0.486 e. The summed E-state index contributed by atoms with van der Waals surface area (Å²) >= 11 is 0. The number of ether oxygens (including phenoxy) is 4. The van der Waals surface area contributed by atoms with Gasteiger partial charge in [-0.2, -0.15) is 9.29 Å². The maximum atomic E-state index is 12.9. The molecule has 0 aliphatic carbocycles. The molecule has 0 N–H and O–H groups in total. The van der Waals surface area contributed by atoms with Crippen LogP contribution in [0.4, 0.5) is 0 Å². The number of benzene rings is 1. The molecule has 1 saturated heterocycles. The number of hydrogen-bond acceptors (Lipinski definition) is 8. The van der Waals surface area contributed by atoms with Gasteiger partial charge in [-0.25, -0.2) is 8.42 Å². The first kappa shape index (κ1) is 17.8. The van der Waals surface area contributed by atoms with Gasteiger partial charge < -0.3 is 18.9 Å². The Morgan fingerprint density at radius 2 is 1.93 bits per heavy atom. The first-order valence-electron chi connectivity index (χ1n) is 8.49. The largest absolute Gasteiger partial charge is 0.486 e. The number of hydrogen-bond donors (Lipinski definition) is 0. The topological polar surface area (TPSA) is 100 Å². The molecular weight excluding hydrogens is 374 g/mol. The van der Waals surface area contributed by atoms with Gasteiger partial charge in [0.1, 0.15) is 19.3 Å². The summed E-state index contributed by atoms with van der Waals surface area (Å²) in [6.45, 7) is 1.45. The van der Waals surface area contributed by atoms with E-state index in [0.29, 0.717) is 49.4 Å². The Kier molecular flexibility index (Phi) is 4.75. The van der Waals surface area contributed by atoms with E-state index in [9.17, 15) is 8.42 Å². The summed E-state index contributed by atoms with van der Waals surface area (Å²) in [5, 5.41) is 0. The molecule has 0 unspecified atom stereocenters. The molecule has 9 nitrogen and oxygen atoms in total. The molecule has 27 heavy (non-hydrogen) atoms. The first-order valence-corrected chi connectivity index (χ1v) is 9.93. The normalized spacial score (nSPS) is 19.7. The van der Waals surface area contributed by atoms with E-state index in [2.05, 4.69) is 9.97 Å². The fourth-order valence-electron chi connectivity index (χ4n) is 3.00. The molecule has 10 heteroatoms. The average Bonchev–Trinajstić information content (AvgIpc) is 3.17. The zero-order chi connectivity index (χ0) is 18.9. The van der Waals surface area contributed by atoms with Gasteiger partial charge in [-0.3, -0.25) is 4.98 Å². The maximum absolute atomic E-state index is 12.9. The number of aromatic nitrogens is 2. The maximum Gasteiger partial charge on any atom is 0.243 e. The smallest absolute Gasteiger partial charge is 0.243 e. The average molecular weight is 393 g/mol. The summed E-state index contributed by atoms with van der Waals surface area (Å²) < 4.78 is 49.0. The third-order valence-corrected chi connectivity index (χ3v) is 6.21. The predicted molar refractivity (Wildman–Crippen MR) is 93.8 cm³/mol. The van der Waals surface area contributed by atoms with Gasteiger partial charge in [0.2, 0.25) is 21.8 Å². The van der Waals surface area contributed by atoms with Crippen LogP contribution in [0.5, 0.6) is 23.3 Å². The van der Waals surface area contributed by atoms with Crippen LogP contribution in [0.15, 0.2) is 35.5 Å². The summed E-state index contributed by atoms with van der Waals surface area (Å²) in [7, 11) is -2.16. The van der Waals surface area contributed by atoms with Crippen LogP contribution in [0.1, 0.15) is 6.42 Å². The van der Waals surface area contributed by atoms with E-state index in [1.165, 1.54) is 35.9 Å². The molecular formula is C17H19N3O6S. The molecule has 0 spiro atoms. The lowest BCUT2D eigenvalue weighted by Gasteiger charge is -2.21. The molecule has 2 aliphatic heterocycles. The molecule has 1 fully saturated rings. The molecule has 4 rings (SSSR count). The van der Waals surface area contributed by atoms with Gasteiger partial charge >= 0.3 is 0 Å². The highest BCUT2D eigenvalue weighted by molar-refractivity contribution is 7.89. The van der Waals surface area contributed by atoms with Gasteiger partial charge in [0.25, 0.3) is 0 Å². The van der Waals surface area contributed by atoms with Crippen molar-refractivity contribution in [2.45, 2.75) is 17.4 Å². The predicted octanol–water partition coefficient (Wildman–Crippen LogP) is 1.10. The van der Waals surface area contributed by atoms with Crippen molar-refractivity contribution in [2.24, 2.45) is 0 Å². The van der Waals surface area contributed by atoms with Gasteiger partial charge in [-0.05, 0) is 18.6 Å². The van der Waals surface area contributed by atoms with Crippen molar-refractivity contribution in [3.8, 4) is 23.3 Å². The molecule has 1 aromatic heterocycles. The third kappa shape index (κ3) is 3.62. The summed E-state index contributed by atoms with van der Waals surface area (Å²) in [4.78, 5) is 8.30. The molecule has 1 atom stereocenters. The lowest BCUT2D eigenvalue weighted by molar-refractivity contribution is 0.171. The Labute approximate surface area is 156 Å². The number of sulfonamides is 1. The van der Waals surface area contributed by atoms with Crippen LogP contribution in [-0.2, 0) is 10.0 Å². The second-order valence-electron chi connectivity index (χ2n) is 6.10. The van der Waals surface area contributed by atoms with Gasteiger partial charge in [0.15, 0.2) is 11.5 Å². The monoisotopic (exact) mass is 393 g/mol. The van der Waals surface area contributed by atoms with Crippen LogP contribution < -0.4 is 18.9 Å². The van der Waals surface area contributed by atoms with Crippen molar-refractivity contribution >= 4 is 10.0 Å². The van der Waals surface area contributed by atoms with Crippen molar-refractivity contribution < 1.29 is 27.4 Å². The number of methoxy groups -OCH3 is 1. The quantitative estimate of drug-likeness (QED) is 0.744. The summed E-state index contributed by atoms with van der Waals surface area (Å²) in [6, 6.07) is 4.66. The molecule has 0 saturated carbocycles. The lowest BCUT2D eigenvalue weighted by atomic mass is 10.3. The molecule has 3 heterocycles. The van der Waals surface area contributed by atoms with Crippen LogP contribution in [0.2, 0.25) is 0 Å². The standard InChI is InChI=1S/C17H19N3O6S/c1-23-16-9-18-10-17(19-16)26-12-4-5-20(11-12)27(21,22)13-2-3-14-15(8-13)25-7-6-24-14/h2-3,8-10,12H,4-7,11H2,1H3/t12-/m1/s1. The minimum atomic E-state index is -3.65. The Morgan fingerprint density at radius 1 is 1.15 bits per heavy atom. The van der Waals surface area contributed by atoms with Crippen molar-refractivity contribution in [3.63, 3.8) is 0 Å². The Morgan fingerprint density at radius 3 is 2.74 bits per heavy atom. The van der Waals surface area contributed by atoms with Crippen LogP contribution in [-0.4, -0.2) is 62.2 Å². The van der Waals surface area contributed by atoms with E-state index in [4.69, 9.17) is 18.9 Å². The zero-order valence-corrected chi connectivity index (χ0v) is 15.5. The van der Waals surface area contributed by atoms with Crippen LogP contribution in [0, 0.1) is 0 Å². The van der Waals surface area contributed by atoms with Crippen molar-refractivity contribution in [3.05, 3.63) is 30.6 Å². The highest BCUT2D eigenvalue weighted by Crippen LogP contribution is 2.34. The molecule has 2 aromatic rings. The second kappa shape index (κ2) is 7.20. The molecule has 1 aromatic carbocycles. The number of rotatable bonds is 5. The Bertz CT molecular complexity index is 936. The van der Waals surface area contributed by atoms with E-state index in [-0.39, 0.29) is 17.5 Å². The van der Waals surface area contributed by atoms with Crippen molar-refractivity contribution in [1.82, 2.24) is 14.3 Å². The molecule has 0 bridgehead atoms.